The van der Waals surface area contributed by atoms with Crippen LogP contribution >= 0.6 is 0 Å². The number of aliphatic hydroxyl groups is 1. The van der Waals surface area contributed by atoms with Gasteiger partial charge in [-0.25, -0.2) is 4.98 Å². The number of aromatic nitrogens is 4. The third-order valence-electron chi connectivity index (χ3n) is 4.90. The summed E-state index contributed by atoms with van der Waals surface area (Å²) in [5.41, 5.74) is 3.37. The lowest BCUT2D eigenvalue weighted by molar-refractivity contribution is 0.0996. The van der Waals surface area contributed by atoms with Crippen molar-refractivity contribution in [3.8, 4) is 22.9 Å². The Hall–Kier alpha value is -3.46. The van der Waals surface area contributed by atoms with Crippen molar-refractivity contribution in [2.75, 3.05) is 25.7 Å². The smallest absolute Gasteiger partial charge is 0.260 e. The molecule has 0 fully saturated rings. The van der Waals surface area contributed by atoms with E-state index in [1.807, 2.05) is 6.92 Å². The lowest BCUT2D eigenvalue weighted by Gasteiger charge is -2.12. The Morgan fingerprint density at radius 3 is 2.79 bits per heavy atom. The normalized spacial score (nSPS) is 14.1. The van der Waals surface area contributed by atoms with E-state index in [0.29, 0.717) is 40.8 Å². The molecule has 0 aromatic carbocycles. The second kappa shape index (κ2) is 7.51. The Morgan fingerprint density at radius 1 is 1.24 bits per heavy atom. The predicted octanol–water partition coefficient (Wildman–Crippen LogP) is 2.07. The van der Waals surface area contributed by atoms with Crippen LogP contribution in [0.1, 0.15) is 29.0 Å². The first-order valence-corrected chi connectivity index (χ1v) is 9.11. The molecule has 9 nitrogen and oxygen atoms in total. The number of hydrogen-bond donors (Lipinski definition) is 1. The van der Waals surface area contributed by atoms with Gasteiger partial charge in [-0.2, -0.15) is 5.10 Å². The van der Waals surface area contributed by atoms with Gasteiger partial charge in [0.1, 0.15) is 0 Å². The number of anilines is 1. The highest BCUT2D eigenvalue weighted by atomic mass is 16.5. The zero-order valence-corrected chi connectivity index (χ0v) is 16.4. The van der Waals surface area contributed by atoms with Crippen LogP contribution in [0.25, 0.3) is 11.3 Å². The maximum absolute atomic E-state index is 12.8. The maximum Gasteiger partial charge on any atom is 0.260 e. The fraction of sp³-hybridized carbons (Fsp3) is 0.300. The maximum atomic E-state index is 12.8. The minimum absolute atomic E-state index is 0.0282. The summed E-state index contributed by atoms with van der Waals surface area (Å²) in [5.74, 6) is 0.781. The molecule has 4 rings (SSSR count). The van der Waals surface area contributed by atoms with Crippen LogP contribution in [0.3, 0.4) is 0 Å². The molecule has 1 amide bonds. The predicted molar refractivity (Wildman–Crippen MR) is 105 cm³/mol. The molecule has 0 radical (unpaired) electrons. The summed E-state index contributed by atoms with van der Waals surface area (Å²) < 4.78 is 12.1. The summed E-state index contributed by atoms with van der Waals surface area (Å²) in [7, 11) is 3.08. The molecule has 0 unspecified atom stereocenters. The molecule has 0 spiro atoms. The molecule has 150 valence electrons. The molecule has 0 saturated heterocycles. The van der Waals surface area contributed by atoms with Crippen molar-refractivity contribution >= 4 is 11.6 Å². The van der Waals surface area contributed by atoms with Crippen molar-refractivity contribution in [1.82, 2.24) is 19.7 Å². The lowest BCUT2D eigenvalue weighted by atomic mass is 10.1. The van der Waals surface area contributed by atoms with Crippen LogP contribution < -0.4 is 14.4 Å². The number of amides is 1. The molecule has 4 heterocycles. The monoisotopic (exact) mass is 395 g/mol. The Bertz CT molecular complexity index is 1060. The standard InChI is InChI=1S/C20H21N5O4/c1-12(11-26)25-9-14(8-22-25)24-10-17-15(20(24)27)4-5-16(23-17)13-6-18(28-2)19(29-3)21-7-13/h4-9,12,26H,10-11H2,1-3H3/t12-/m1/s1. The van der Waals surface area contributed by atoms with Crippen LogP contribution in [-0.4, -0.2) is 51.6 Å². The van der Waals surface area contributed by atoms with E-state index in [1.165, 1.54) is 7.11 Å². The van der Waals surface area contributed by atoms with Crippen LogP contribution in [0.2, 0.25) is 0 Å². The van der Waals surface area contributed by atoms with Crippen LogP contribution in [0.4, 0.5) is 5.69 Å². The second-order valence-electron chi connectivity index (χ2n) is 6.73. The third kappa shape index (κ3) is 3.29. The van der Waals surface area contributed by atoms with E-state index in [2.05, 4.69) is 15.1 Å². The Kier molecular flexibility index (Phi) is 4.89. The van der Waals surface area contributed by atoms with Gasteiger partial charge in [0.2, 0.25) is 0 Å². The summed E-state index contributed by atoms with van der Waals surface area (Å²) >= 11 is 0. The van der Waals surface area contributed by atoms with Gasteiger partial charge in [-0.3, -0.25) is 19.4 Å². The quantitative estimate of drug-likeness (QED) is 0.681. The van der Waals surface area contributed by atoms with Crippen LogP contribution in [-0.2, 0) is 6.54 Å². The van der Waals surface area contributed by atoms with Crippen molar-refractivity contribution in [2.24, 2.45) is 0 Å². The molecule has 1 aliphatic heterocycles. The number of nitrogens with zero attached hydrogens (tertiary/aromatic N) is 5. The van der Waals surface area contributed by atoms with Gasteiger partial charge < -0.3 is 14.6 Å². The highest BCUT2D eigenvalue weighted by Crippen LogP contribution is 2.32. The molecule has 0 bridgehead atoms. The van der Waals surface area contributed by atoms with E-state index in [1.54, 1.807) is 53.5 Å². The van der Waals surface area contributed by atoms with E-state index >= 15 is 0 Å². The van der Waals surface area contributed by atoms with Gasteiger partial charge in [0.05, 0.1) is 62.2 Å². The zero-order valence-electron chi connectivity index (χ0n) is 16.4. The van der Waals surface area contributed by atoms with E-state index in [0.717, 1.165) is 5.56 Å². The molecule has 0 saturated carbocycles. The Morgan fingerprint density at radius 2 is 2.07 bits per heavy atom. The van der Waals surface area contributed by atoms with Gasteiger partial charge in [-0.15, -0.1) is 0 Å². The van der Waals surface area contributed by atoms with Crippen LogP contribution in [0.15, 0.2) is 36.8 Å². The number of carbonyl (C=O) groups is 1. The summed E-state index contributed by atoms with van der Waals surface area (Å²) in [6, 6.07) is 5.21. The SMILES string of the molecule is COc1cc(-c2ccc3c(n2)CN(c2cnn([C@H](C)CO)c2)C3=O)cnc1OC. The van der Waals surface area contributed by atoms with Gasteiger partial charge in [-0.1, -0.05) is 0 Å². The summed E-state index contributed by atoms with van der Waals surface area (Å²) in [5, 5.41) is 13.5. The van der Waals surface area contributed by atoms with Gasteiger partial charge in [-0.05, 0) is 25.1 Å². The van der Waals surface area contributed by atoms with Gasteiger partial charge in [0, 0.05) is 18.0 Å². The van der Waals surface area contributed by atoms with E-state index < -0.39 is 0 Å². The number of pyridine rings is 2. The molecule has 1 atom stereocenters. The molecule has 1 aliphatic rings. The first-order chi connectivity index (χ1) is 14.0. The number of rotatable bonds is 6. The summed E-state index contributed by atoms with van der Waals surface area (Å²) in [6.07, 6.45) is 5.03. The van der Waals surface area contributed by atoms with Crippen LogP contribution in [0, 0.1) is 0 Å². The zero-order chi connectivity index (χ0) is 20.5. The topological polar surface area (TPSA) is 103 Å². The minimum atomic E-state index is -0.161. The largest absolute Gasteiger partial charge is 0.491 e. The third-order valence-corrected chi connectivity index (χ3v) is 4.90. The van der Waals surface area contributed by atoms with Crippen molar-refractivity contribution < 1.29 is 19.4 Å². The van der Waals surface area contributed by atoms with Crippen LogP contribution in [0.5, 0.6) is 11.6 Å². The average Bonchev–Trinajstić information content (AvgIpc) is 3.37. The molecular formula is C20H21N5O4. The number of ether oxygens (including phenoxy) is 2. The molecular weight excluding hydrogens is 374 g/mol. The van der Waals surface area contributed by atoms with Gasteiger partial charge >= 0.3 is 0 Å². The number of methoxy groups -OCH3 is 2. The van der Waals surface area contributed by atoms with Crippen molar-refractivity contribution in [3.05, 3.63) is 48.0 Å². The second-order valence-corrected chi connectivity index (χ2v) is 6.73. The highest BCUT2D eigenvalue weighted by Gasteiger charge is 2.31. The van der Waals surface area contributed by atoms with Crippen molar-refractivity contribution in [1.29, 1.82) is 0 Å². The Balaban J connectivity index is 1.63. The molecule has 29 heavy (non-hydrogen) atoms. The molecule has 9 heteroatoms. The fourth-order valence-corrected chi connectivity index (χ4v) is 3.22. The fourth-order valence-electron chi connectivity index (χ4n) is 3.22. The number of fused-ring (bicyclic) bond motifs is 1. The first-order valence-electron chi connectivity index (χ1n) is 9.11. The first kappa shape index (κ1) is 18.9. The summed E-state index contributed by atoms with van der Waals surface area (Å²) in [6.45, 7) is 2.17. The average molecular weight is 395 g/mol. The Labute approximate surface area is 167 Å². The van der Waals surface area contributed by atoms with Crippen molar-refractivity contribution in [2.45, 2.75) is 19.5 Å². The highest BCUT2D eigenvalue weighted by molar-refractivity contribution is 6.09. The lowest BCUT2D eigenvalue weighted by Crippen LogP contribution is -2.22. The van der Waals surface area contributed by atoms with Gasteiger partial charge in [0.25, 0.3) is 11.8 Å². The van der Waals surface area contributed by atoms with Gasteiger partial charge in [0.15, 0.2) is 5.75 Å². The molecule has 3 aromatic heterocycles. The van der Waals surface area contributed by atoms with E-state index in [4.69, 9.17) is 9.47 Å². The number of carbonyl (C=O) groups excluding carboxylic acids is 1. The number of aliphatic hydroxyl groups excluding tert-OH is 1. The minimum Gasteiger partial charge on any atom is -0.491 e. The molecule has 0 aliphatic carbocycles. The van der Waals surface area contributed by atoms with E-state index in [-0.39, 0.29) is 18.6 Å². The molecule has 1 N–H and O–H groups in total. The molecule has 3 aromatic rings. The van der Waals surface area contributed by atoms with E-state index in [9.17, 15) is 9.90 Å². The number of hydrogen-bond acceptors (Lipinski definition) is 7. The summed E-state index contributed by atoms with van der Waals surface area (Å²) in [4.78, 5) is 23.4. The van der Waals surface area contributed by atoms with Crippen molar-refractivity contribution in [3.63, 3.8) is 0 Å².